The first-order valence-corrected chi connectivity index (χ1v) is 9.14. The van der Waals surface area contributed by atoms with Gasteiger partial charge in [0.05, 0.1) is 17.4 Å². The van der Waals surface area contributed by atoms with E-state index in [1.165, 1.54) is 12.4 Å². The van der Waals surface area contributed by atoms with E-state index in [4.69, 9.17) is 0 Å². The van der Waals surface area contributed by atoms with Gasteiger partial charge in [0.1, 0.15) is 12.1 Å². The Balaban J connectivity index is 1.62. The van der Waals surface area contributed by atoms with Crippen molar-refractivity contribution in [2.24, 2.45) is 5.92 Å². The van der Waals surface area contributed by atoms with Crippen molar-refractivity contribution in [1.29, 1.82) is 0 Å². The normalized spacial score (nSPS) is 17.8. The van der Waals surface area contributed by atoms with E-state index in [-0.39, 0.29) is 0 Å². The fourth-order valence-corrected chi connectivity index (χ4v) is 3.35. The van der Waals surface area contributed by atoms with Crippen LogP contribution in [0.5, 0.6) is 0 Å². The molecule has 4 heterocycles. The van der Waals surface area contributed by atoms with Crippen LogP contribution in [-0.2, 0) is 6.54 Å². The molecule has 3 aromatic heterocycles. The summed E-state index contributed by atoms with van der Waals surface area (Å²) in [6.45, 7) is 1.59. The average Bonchev–Trinajstić information content (AvgIpc) is 3.13. The van der Waals surface area contributed by atoms with Crippen LogP contribution in [0.3, 0.4) is 0 Å². The van der Waals surface area contributed by atoms with E-state index in [0.29, 0.717) is 34.0 Å². The third-order valence-corrected chi connectivity index (χ3v) is 4.68. The monoisotopic (exact) mass is 391 g/mol. The van der Waals surface area contributed by atoms with Crippen molar-refractivity contribution in [2.45, 2.75) is 25.6 Å². The molecular weight excluding hydrogens is 371 g/mol. The van der Waals surface area contributed by atoms with E-state index < -0.39 is 12.7 Å². The molecule has 148 valence electrons. The lowest BCUT2D eigenvalue weighted by Gasteiger charge is -2.23. The number of hydrogen-bond donors (Lipinski definition) is 2. The molecule has 1 aliphatic heterocycles. The van der Waals surface area contributed by atoms with Gasteiger partial charge in [-0.3, -0.25) is 9.67 Å². The van der Waals surface area contributed by atoms with Crippen LogP contribution in [0.2, 0.25) is 0 Å². The SMILES string of the molecule is FC(F)(F)Cn1cc(-c2cc3nccnc3c(NCC3CCCNC3)n2)cn1. The zero-order chi connectivity index (χ0) is 19.6. The first-order chi connectivity index (χ1) is 13.5. The number of nitrogens with one attached hydrogen (secondary N) is 2. The highest BCUT2D eigenvalue weighted by Gasteiger charge is 2.28. The first kappa shape index (κ1) is 18.6. The van der Waals surface area contributed by atoms with Crippen molar-refractivity contribution in [3.05, 3.63) is 30.9 Å². The molecule has 1 saturated heterocycles. The number of rotatable bonds is 5. The zero-order valence-electron chi connectivity index (χ0n) is 15.1. The number of piperidine rings is 1. The molecule has 4 rings (SSSR count). The molecule has 0 saturated carbocycles. The summed E-state index contributed by atoms with van der Waals surface area (Å²) in [6, 6.07) is 1.71. The second-order valence-corrected chi connectivity index (χ2v) is 6.92. The quantitative estimate of drug-likeness (QED) is 0.696. The van der Waals surface area contributed by atoms with Crippen LogP contribution in [0.1, 0.15) is 12.8 Å². The minimum Gasteiger partial charge on any atom is -0.368 e. The summed E-state index contributed by atoms with van der Waals surface area (Å²) < 4.78 is 38.6. The summed E-state index contributed by atoms with van der Waals surface area (Å²) in [7, 11) is 0. The van der Waals surface area contributed by atoms with Crippen molar-refractivity contribution >= 4 is 16.9 Å². The number of nitrogens with zero attached hydrogens (tertiary/aromatic N) is 5. The molecule has 2 N–H and O–H groups in total. The van der Waals surface area contributed by atoms with Gasteiger partial charge in [-0.1, -0.05) is 0 Å². The van der Waals surface area contributed by atoms with Gasteiger partial charge >= 0.3 is 6.18 Å². The van der Waals surface area contributed by atoms with Crippen molar-refractivity contribution in [2.75, 3.05) is 25.0 Å². The van der Waals surface area contributed by atoms with Gasteiger partial charge in [0.25, 0.3) is 0 Å². The lowest BCUT2D eigenvalue weighted by atomic mass is 10.00. The molecule has 1 atom stereocenters. The minimum atomic E-state index is -4.33. The highest BCUT2D eigenvalue weighted by atomic mass is 19.4. The number of alkyl halides is 3. The highest BCUT2D eigenvalue weighted by Crippen LogP contribution is 2.26. The first-order valence-electron chi connectivity index (χ1n) is 9.14. The number of pyridine rings is 1. The Hall–Kier alpha value is -2.75. The predicted molar refractivity (Wildman–Crippen MR) is 98.7 cm³/mol. The van der Waals surface area contributed by atoms with Gasteiger partial charge in [-0.25, -0.2) is 9.97 Å². The largest absolute Gasteiger partial charge is 0.408 e. The predicted octanol–water partition coefficient (Wildman–Crippen LogP) is 2.86. The second-order valence-electron chi connectivity index (χ2n) is 6.92. The number of fused-ring (bicyclic) bond motifs is 1. The standard InChI is InChI=1S/C18H20F3N7/c19-18(20,21)11-28-10-13(9-26-28)14-6-15-16(24-5-4-23-15)17(27-14)25-8-12-2-1-3-22-7-12/h4-6,9-10,12,22H,1-3,7-8,11H2,(H,25,27). The van der Waals surface area contributed by atoms with Crippen molar-refractivity contribution in [1.82, 2.24) is 30.0 Å². The third kappa shape index (κ3) is 4.38. The Morgan fingerprint density at radius 1 is 1.25 bits per heavy atom. The van der Waals surface area contributed by atoms with Crippen molar-refractivity contribution in [3.8, 4) is 11.3 Å². The van der Waals surface area contributed by atoms with E-state index >= 15 is 0 Å². The van der Waals surface area contributed by atoms with Gasteiger partial charge in [0.2, 0.25) is 0 Å². The van der Waals surface area contributed by atoms with E-state index in [1.807, 2.05) is 0 Å². The average molecular weight is 391 g/mol. The van der Waals surface area contributed by atoms with Gasteiger partial charge < -0.3 is 10.6 Å². The number of hydrogen-bond acceptors (Lipinski definition) is 6. The fraction of sp³-hybridized carbons (Fsp3) is 0.444. The zero-order valence-corrected chi connectivity index (χ0v) is 15.1. The Bertz CT molecular complexity index is 948. The maximum atomic E-state index is 12.6. The minimum absolute atomic E-state index is 0.487. The molecule has 0 bridgehead atoms. The van der Waals surface area contributed by atoms with Gasteiger partial charge in [-0.15, -0.1) is 0 Å². The summed E-state index contributed by atoms with van der Waals surface area (Å²) in [5, 5.41) is 10.5. The molecule has 3 aromatic rings. The topological polar surface area (TPSA) is 80.5 Å². The van der Waals surface area contributed by atoms with Gasteiger partial charge in [0, 0.05) is 30.7 Å². The van der Waals surface area contributed by atoms with Gasteiger partial charge in [0.15, 0.2) is 5.82 Å². The Labute approximate surface area is 159 Å². The van der Waals surface area contributed by atoms with E-state index in [2.05, 4.69) is 30.7 Å². The summed E-state index contributed by atoms with van der Waals surface area (Å²) >= 11 is 0. The summed E-state index contributed by atoms with van der Waals surface area (Å²) in [6.07, 6.45) is 3.84. The Morgan fingerprint density at radius 3 is 2.89 bits per heavy atom. The molecule has 1 fully saturated rings. The fourth-order valence-electron chi connectivity index (χ4n) is 3.35. The molecule has 0 amide bonds. The molecule has 7 nitrogen and oxygen atoms in total. The second kappa shape index (κ2) is 7.70. The van der Waals surface area contributed by atoms with Crippen LogP contribution in [-0.4, -0.2) is 50.5 Å². The van der Waals surface area contributed by atoms with E-state index in [1.54, 1.807) is 18.5 Å². The van der Waals surface area contributed by atoms with Crippen molar-refractivity contribution < 1.29 is 13.2 Å². The summed E-state index contributed by atoms with van der Waals surface area (Å²) in [4.78, 5) is 13.3. The van der Waals surface area contributed by atoms with E-state index in [9.17, 15) is 13.2 Å². The van der Waals surface area contributed by atoms with Gasteiger partial charge in [-0.05, 0) is 37.9 Å². The molecule has 28 heavy (non-hydrogen) atoms. The maximum absolute atomic E-state index is 12.6. The van der Waals surface area contributed by atoms with Crippen LogP contribution in [0.15, 0.2) is 30.9 Å². The van der Waals surface area contributed by atoms with Crippen LogP contribution in [0, 0.1) is 5.92 Å². The van der Waals surface area contributed by atoms with Crippen LogP contribution in [0.25, 0.3) is 22.3 Å². The molecule has 1 unspecified atom stereocenters. The smallest absolute Gasteiger partial charge is 0.368 e. The Morgan fingerprint density at radius 2 is 2.11 bits per heavy atom. The highest BCUT2D eigenvalue weighted by molar-refractivity contribution is 5.88. The number of anilines is 1. The molecule has 0 aliphatic carbocycles. The number of aromatic nitrogens is 5. The lowest BCUT2D eigenvalue weighted by molar-refractivity contribution is -0.142. The summed E-state index contributed by atoms with van der Waals surface area (Å²) in [5.74, 6) is 1.07. The molecule has 1 aliphatic rings. The molecule has 0 radical (unpaired) electrons. The summed E-state index contributed by atoms with van der Waals surface area (Å²) in [5.41, 5.74) is 2.27. The van der Waals surface area contributed by atoms with Crippen LogP contribution in [0.4, 0.5) is 19.0 Å². The lowest BCUT2D eigenvalue weighted by Crippen LogP contribution is -2.33. The molecular formula is C18H20F3N7. The van der Waals surface area contributed by atoms with E-state index in [0.717, 1.165) is 37.2 Å². The molecule has 10 heteroatoms. The number of halogens is 3. The van der Waals surface area contributed by atoms with Crippen LogP contribution >= 0.6 is 0 Å². The maximum Gasteiger partial charge on any atom is 0.408 e. The molecule has 0 spiro atoms. The Kier molecular flexibility index (Phi) is 5.12. The van der Waals surface area contributed by atoms with Crippen LogP contribution < -0.4 is 10.6 Å². The van der Waals surface area contributed by atoms with Gasteiger partial charge in [-0.2, -0.15) is 18.3 Å². The molecule has 0 aromatic carbocycles. The van der Waals surface area contributed by atoms with Crippen molar-refractivity contribution in [3.63, 3.8) is 0 Å². The third-order valence-electron chi connectivity index (χ3n) is 4.68.